The molecule has 0 aromatic heterocycles. The Labute approximate surface area is 133 Å². The van der Waals surface area contributed by atoms with Gasteiger partial charge < -0.3 is 14.5 Å². The lowest BCUT2D eigenvalue weighted by molar-refractivity contribution is -0.387. The molecule has 0 unspecified atom stereocenters. The Balaban J connectivity index is 2.01. The van der Waals surface area contributed by atoms with Crippen molar-refractivity contribution in [3.05, 3.63) is 34.1 Å². The molecule has 0 saturated carbocycles. The van der Waals surface area contributed by atoms with Gasteiger partial charge in [-0.15, -0.1) is 0 Å². The summed E-state index contributed by atoms with van der Waals surface area (Å²) in [4.78, 5) is 25.5. The Morgan fingerprint density at radius 3 is 2.39 bits per heavy atom. The maximum absolute atomic E-state index is 13.4. The van der Waals surface area contributed by atoms with Gasteiger partial charge in [0.15, 0.2) is 0 Å². The van der Waals surface area contributed by atoms with Crippen LogP contribution in [0.15, 0.2) is 18.2 Å². The van der Waals surface area contributed by atoms with E-state index in [1.807, 2.05) is 4.90 Å². The second kappa shape index (κ2) is 6.39. The molecule has 2 rings (SSSR count). The summed E-state index contributed by atoms with van der Waals surface area (Å²) in [6.45, 7) is 7.31. The highest BCUT2D eigenvalue weighted by molar-refractivity contribution is 5.68. The van der Waals surface area contributed by atoms with Gasteiger partial charge in [-0.05, 0) is 32.9 Å². The fourth-order valence-corrected chi connectivity index (χ4v) is 2.31. The number of benzene rings is 1. The van der Waals surface area contributed by atoms with Gasteiger partial charge >= 0.3 is 11.8 Å². The number of hydrogen-bond acceptors (Lipinski definition) is 5. The van der Waals surface area contributed by atoms with E-state index in [9.17, 15) is 19.3 Å². The number of nitro benzene ring substituents is 1. The number of rotatable bonds is 2. The molecule has 1 fully saturated rings. The molecular weight excluding hydrogens is 305 g/mol. The molecular formula is C15H20FN3O4. The number of anilines is 1. The Morgan fingerprint density at radius 1 is 1.26 bits per heavy atom. The second-order valence-corrected chi connectivity index (χ2v) is 6.35. The van der Waals surface area contributed by atoms with Crippen LogP contribution < -0.4 is 4.90 Å². The summed E-state index contributed by atoms with van der Waals surface area (Å²) in [6.07, 6.45) is -0.373. The van der Waals surface area contributed by atoms with Gasteiger partial charge in [0.2, 0.25) is 5.82 Å². The van der Waals surface area contributed by atoms with Gasteiger partial charge in [0.25, 0.3) is 0 Å². The van der Waals surface area contributed by atoms with Gasteiger partial charge in [-0.2, -0.15) is 4.39 Å². The van der Waals surface area contributed by atoms with Crippen molar-refractivity contribution < 1.29 is 18.8 Å². The fraction of sp³-hybridized carbons (Fsp3) is 0.533. The van der Waals surface area contributed by atoms with Crippen LogP contribution in [0.4, 0.5) is 20.6 Å². The van der Waals surface area contributed by atoms with Crippen LogP contribution >= 0.6 is 0 Å². The number of nitrogens with zero attached hydrogens (tertiary/aromatic N) is 3. The highest BCUT2D eigenvalue weighted by Crippen LogP contribution is 2.25. The third kappa shape index (κ3) is 4.30. The number of ether oxygens (including phenoxy) is 1. The SMILES string of the molecule is CC(C)(C)OC(=O)N1CCN(c2ccc(F)c([N+](=O)[O-])c2)CC1. The summed E-state index contributed by atoms with van der Waals surface area (Å²) < 4.78 is 18.7. The first-order chi connectivity index (χ1) is 10.7. The van der Waals surface area contributed by atoms with Gasteiger partial charge in [-0.1, -0.05) is 0 Å². The lowest BCUT2D eigenvalue weighted by atomic mass is 10.2. The third-order valence-corrected chi connectivity index (χ3v) is 3.42. The molecule has 0 radical (unpaired) electrons. The zero-order valence-electron chi connectivity index (χ0n) is 13.4. The van der Waals surface area contributed by atoms with Crippen LogP contribution in [-0.4, -0.2) is 47.7 Å². The fourth-order valence-electron chi connectivity index (χ4n) is 2.31. The average Bonchev–Trinajstić information content (AvgIpc) is 2.46. The van der Waals surface area contributed by atoms with Crippen LogP contribution in [0.5, 0.6) is 0 Å². The van der Waals surface area contributed by atoms with Gasteiger partial charge in [-0.3, -0.25) is 10.1 Å². The monoisotopic (exact) mass is 325 g/mol. The highest BCUT2D eigenvalue weighted by atomic mass is 19.1. The van der Waals surface area contributed by atoms with E-state index in [0.29, 0.717) is 31.9 Å². The number of halogens is 1. The Morgan fingerprint density at radius 2 is 1.87 bits per heavy atom. The summed E-state index contributed by atoms with van der Waals surface area (Å²) in [5.41, 5.74) is -0.523. The molecule has 0 N–H and O–H groups in total. The summed E-state index contributed by atoms with van der Waals surface area (Å²) in [5.74, 6) is -0.855. The highest BCUT2D eigenvalue weighted by Gasteiger charge is 2.26. The van der Waals surface area contributed by atoms with Crippen LogP contribution in [0, 0.1) is 15.9 Å². The van der Waals surface area contributed by atoms with Crippen molar-refractivity contribution in [3.8, 4) is 0 Å². The zero-order chi connectivity index (χ0) is 17.2. The molecule has 0 aliphatic carbocycles. The number of carbonyl (C=O) groups is 1. The van der Waals surface area contributed by atoms with Gasteiger partial charge in [0.05, 0.1) is 4.92 Å². The number of nitro groups is 1. The van der Waals surface area contributed by atoms with E-state index >= 15 is 0 Å². The minimum Gasteiger partial charge on any atom is -0.444 e. The van der Waals surface area contributed by atoms with E-state index in [2.05, 4.69) is 0 Å². The van der Waals surface area contributed by atoms with Crippen molar-refractivity contribution in [1.29, 1.82) is 0 Å². The predicted molar refractivity (Wildman–Crippen MR) is 83.1 cm³/mol. The van der Waals surface area contributed by atoms with Crippen molar-refractivity contribution in [2.75, 3.05) is 31.1 Å². The van der Waals surface area contributed by atoms with Crippen LogP contribution in [0.2, 0.25) is 0 Å². The van der Waals surface area contributed by atoms with Crippen molar-refractivity contribution in [2.45, 2.75) is 26.4 Å². The summed E-state index contributed by atoms with van der Waals surface area (Å²) in [6, 6.07) is 3.82. The number of amides is 1. The maximum Gasteiger partial charge on any atom is 0.410 e. The minimum atomic E-state index is -0.855. The zero-order valence-corrected chi connectivity index (χ0v) is 13.4. The number of piperazine rings is 1. The van der Waals surface area contributed by atoms with E-state index in [1.54, 1.807) is 25.7 Å². The van der Waals surface area contributed by atoms with Gasteiger partial charge in [0, 0.05) is 37.9 Å². The Bertz CT molecular complexity index is 607. The first kappa shape index (κ1) is 17.0. The summed E-state index contributed by atoms with van der Waals surface area (Å²) >= 11 is 0. The van der Waals surface area contributed by atoms with Crippen LogP contribution in [-0.2, 0) is 4.74 Å². The molecule has 8 heteroatoms. The normalized spacial score (nSPS) is 15.5. The molecule has 0 bridgehead atoms. The summed E-state index contributed by atoms with van der Waals surface area (Å²) in [7, 11) is 0. The number of carbonyl (C=O) groups excluding carboxylic acids is 1. The Kier molecular flexibility index (Phi) is 4.72. The molecule has 1 aromatic carbocycles. The molecule has 0 spiro atoms. The van der Waals surface area contributed by atoms with Crippen LogP contribution in [0.1, 0.15) is 20.8 Å². The third-order valence-electron chi connectivity index (χ3n) is 3.42. The molecule has 1 aromatic rings. The van der Waals surface area contributed by atoms with E-state index in [-0.39, 0.29) is 6.09 Å². The lowest BCUT2D eigenvalue weighted by Crippen LogP contribution is -2.50. The topological polar surface area (TPSA) is 75.9 Å². The smallest absolute Gasteiger partial charge is 0.410 e. The largest absolute Gasteiger partial charge is 0.444 e. The van der Waals surface area contributed by atoms with Crippen LogP contribution in [0.25, 0.3) is 0 Å². The van der Waals surface area contributed by atoms with E-state index < -0.39 is 22.0 Å². The first-order valence-corrected chi connectivity index (χ1v) is 7.34. The minimum absolute atomic E-state index is 0.373. The molecule has 126 valence electrons. The Hall–Kier alpha value is -2.38. The molecule has 23 heavy (non-hydrogen) atoms. The molecule has 0 atom stereocenters. The van der Waals surface area contributed by atoms with Crippen molar-refractivity contribution >= 4 is 17.5 Å². The van der Waals surface area contributed by atoms with E-state index in [0.717, 1.165) is 6.07 Å². The van der Waals surface area contributed by atoms with Crippen LogP contribution in [0.3, 0.4) is 0 Å². The molecule has 1 aliphatic rings. The molecule has 1 amide bonds. The van der Waals surface area contributed by atoms with Gasteiger partial charge in [0.1, 0.15) is 5.60 Å². The molecule has 7 nitrogen and oxygen atoms in total. The quantitative estimate of drug-likeness (QED) is 0.617. The second-order valence-electron chi connectivity index (χ2n) is 6.35. The van der Waals surface area contributed by atoms with Gasteiger partial charge in [-0.25, -0.2) is 4.79 Å². The molecule has 1 heterocycles. The lowest BCUT2D eigenvalue weighted by Gasteiger charge is -2.36. The number of hydrogen-bond donors (Lipinski definition) is 0. The molecule has 1 saturated heterocycles. The van der Waals surface area contributed by atoms with Crippen molar-refractivity contribution in [3.63, 3.8) is 0 Å². The van der Waals surface area contributed by atoms with E-state index in [4.69, 9.17) is 4.74 Å². The molecule has 1 aliphatic heterocycles. The van der Waals surface area contributed by atoms with E-state index in [1.165, 1.54) is 12.1 Å². The standard InChI is InChI=1S/C15H20FN3O4/c1-15(2,3)23-14(20)18-8-6-17(7-9-18)11-4-5-12(16)13(10-11)19(21)22/h4-5,10H,6-9H2,1-3H3. The maximum atomic E-state index is 13.4. The van der Waals surface area contributed by atoms with Crippen molar-refractivity contribution in [1.82, 2.24) is 4.90 Å². The predicted octanol–water partition coefficient (Wildman–Crippen LogP) is 2.79. The average molecular weight is 325 g/mol. The summed E-state index contributed by atoms with van der Waals surface area (Å²) in [5, 5.41) is 10.8. The van der Waals surface area contributed by atoms with Crippen molar-refractivity contribution in [2.24, 2.45) is 0 Å². The first-order valence-electron chi connectivity index (χ1n) is 7.34.